The highest BCUT2D eigenvalue weighted by Gasteiger charge is 2.52. The van der Waals surface area contributed by atoms with Crippen LogP contribution in [0.1, 0.15) is 42.0 Å². The lowest BCUT2D eigenvalue weighted by molar-refractivity contribution is -0.139. The third-order valence-corrected chi connectivity index (χ3v) is 5.24. The summed E-state index contributed by atoms with van der Waals surface area (Å²) in [7, 11) is 0. The van der Waals surface area contributed by atoms with E-state index < -0.39 is 17.5 Å². The largest absolute Gasteiger partial charge is 0.344 e. The van der Waals surface area contributed by atoms with Gasteiger partial charge in [-0.2, -0.15) is 5.01 Å². The van der Waals surface area contributed by atoms with Crippen molar-refractivity contribution in [1.82, 2.24) is 15.8 Å². The summed E-state index contributed by atoms with van der Waals surface area (Å²) in [6.07, 6.45) is 1.11. The standard InChI is InChI=1S/C22H25N3O3/c1-4-22(18-8-6-5-7-9-18)20(27)25(21(28)23-22)24-19(26)13-12-17-11-10-15(2)14-16(17)3/h5-11,14H,4,12-13H2,1-3H3,(H,23,28)(H,24,26)/t22-/m1/s1. The van der Waals surface area contributed by atoms with E-state index in [9.17, 15) is 14.4 Å². The molecule has 0 aliphatic carbocycles. The Hall–Kier alpha value is -3.15. The van der Waals surface area contributed by atoms with E-state index >= 15 is 0 Å². The maximum Gasteiger partial charge on any atom is 0.344 e. The first-order chi connectivity index (χ1) is 13.4. The number of hydrogen-bond donors (Lipinski definition) is 2. The molecule has 1 fully saturated rings. The zero-order chi connectivity index (χ0) is 20.3. The zero-order valence-electron chi connectivity index (χ0n) is 16.4. The van der Waals surface area contributed by atoms with E-state index in [1.165, 1.54) is 5.56 Å². The Morgan fingerprint density at radius 3 is 2.46 bits per heavy atom. The second-order valence-corrected chi connectivity index (χ2v) is 7.16. The maximum absolute atomic E-state index is 13.0. The minimum atomic E-state index is -1.15. The van der Waals surface area contributed by atoms with Crippen LogP contribution in [0.2, 0.25) is 0 Å². The Kier molecular flexibility index (Phi) is 5.49. The molecule has 0 saturated carbocycles. The number of imide groups is 1. The third kappa shape index (κ3) is 3.63. The van der Waals surface area contributed by atoms with Gasteiger partial charge in [0.2, 0.25) is 5.91 Å². The van der Waals surface area contributed by atoms with Crippen LogP contribution >= 0.6 is 0 Å². The summed E-state index contributed by atoms with van der Waals surface area (Å²) in [5.74, 6) is -0.838. The third-order valence-electron chi connectivity index (χ3n) is 5.24. The monoisotopic (exact) mass is 379 g/mol. The topological polar surface area (TPSA) is 78.5 Å². The molecule has 0 spiro atoms. The predicted molar refractivity (Wildman–Crippen MR) is 106 cm³/mol. The van der Waals surface area contributed by atoms with E-state index in [0.717, 1.165) is 16.1 Å². The van der Waals surface area contributed by atoms with Gasteiger partial charge in [-0.1, -0.05) is 61.0 Å². The molecule has 0 radical (unpaired) electrons. The van der Waals surface area contributed by atoms with Gasteiger partial charge < -0.3 is 5.32 Å². The molecule has 6 heteroatoms. The number of carbonyl (C=O) groups excluding carboxylic acids is 3. The van der Waals surface area contributed by atoms with Crippen LogP contribution in [-0.2, 0) is 21.5 Å². The molecule has 1 aliphatic heterocycles. The Bertz CT molecular complexity index is 910. The van der Waals surface area contributed by atoms with Crippen LogP contribution in [0.15, 0.2) is 48.5 Å². The van der Waals surface area contributed by atoms with Crippen LogP contribution in [0, 0.1) is 13.8 Å². The first-order valence-electron chi connectivity index (χ1n) is 9.45. The number of hydrazine groups is 1. The Balaban J connectivity index is 1.69. The van der Waals surface area contributed by atoms with Crippen molar-refractivity contribution in [3.63, 3.8) is 0 Å². The van der Waals surface area contributed by atoms with Crippen LogP contribution in [-0.4, -0.2) is 22.9 Å². The summed E-state index contributed by atoms with van der Waals surface area (Å²) in [5.41, 5.74) is 5.38. The molecular formula is C22H25N3O3. The molecule has 6 nitrogen and oxygen atoms in total. The number of carbonyl (C=O) groups is 3. The van der Waals surface area contributed by atoms with Gasteiger partial charge in [-0.3, -0.25) is 15.0 Å². The summed E-state index contributed by atoms with van der Waals surface area (Å²) in [6, 6.07) is 14.5. The lowest BCUT2D eigenvalue weighted by atomic mass is 9.87. The van der Waals surface area contributed by atoms with Crippen LogP contribution in [0.25, 0.3) is 0 Å². The van der Waals surface area contributed by atoms with Crippen molar-refractivity contribution in [2.75, 3.05) is 0 Å². The first-order valence-corrected chi connectivity index (χ1v) is 9.45. The number of amides is 4. The molecule has 3 rings (SSSR count). The highest BCUT2D eigenvalue weighted by atomic mass is 16.2. The van der Waals surface area contributed by atoms with Gasteiger partial charge in [0.15, 0.2) is 0 Å². The maximum atomic E-state index is 13.0. The molecule has 0 unspecified atom stereocenters. The lowest BCUT2D eigenvalue weighted by Crippen LogP contribution is -2.48. The van der Waals surface area contributed by atoms with Crippen LogP contribution < -0.4 is 10.7 Å². The zero-order valence-corrected chi connectivity index (χ0v) is 16.4. The Morgan fingerprint density at radius 2 is 1.82 bits per heavy atom. The fourth-order valence-electron chi connectivity index (χ4n) is 3.59. The molecule has 2 aromatic carbocycles. The molecule has 1 saturated heterocycles. The first kappa shape index (κ1) is 19.6. The Morgan fingerprint density at radius 1 is 1.11 bits per heavy atom. The number of urea groups is 1. The second kappa shape index (κ2) is 7.84. The van der Waals surface area contributed by atoms with Crippen molar-refractivity contribution in [3.05, 3.63) is 70.8 Å². The van der Waals surface area contributed by atoms with Gasteiger partial charge in [-0.25, -0.2) is 4.79 Å². The van der Waals surface area contributed by atoms with E-state index in [4.69, 9.17) is 0 Å². The van der Waals surface area contributed by atoms with Crippen molar-refractivity contribution in [1.29, 1.82) is 0 Å². The summed E-state index contributed by atoms with van der Waals surface area (Å²) < 4.78 is 0. The molecule has 28 heavy (non-hydrogen) atoms. The molecular weight excluding hydrogens is 354 g/mol. The summed E-state index contributed by atoms with van der Waals surface area (Å²) in [4.78, 5) is 37.8. The smallest absolute Gasteiger partial charge is 0.318 e. The molecule has 0 bridgehead atoms. The fraction of sp³-hybridized carbons (Fsp3) is 0.318. The van der Waals surface area contributed by atoms with Gasteiger partial charge in [0.05, 0.1) is 0 Å². The van der Waals surface area contributed by atoms with E-state index in [1.54, 1.807) is 12.1 Å². The predicted octanol–water partition coefficient (Wildman–Crippen LogP) is 3.12. The van der Waals surface area contributed by atoms with Crippen LogP contribution in [0.5, 0.6) is 0 Å². The molecule has 4 amide bonds. The van der Waals surface area contributed by atoms with Gasteiger partial charge in [-0.05, 0) is 43.4 Å². The van der Waals surface area contributed by atoms with Crippen LogP contribution in [0.3, 0.4) is 0 Å². The van der Waals surface area contributed by atoms with Crippen molar-refractivity contribution in [3.8, 4) is 0 Å². The van der Waals surface area contributed by atoms with Crippen molar-refractivity contribution in [2.24, 2.45) is 0 Å². The molecule has 1 aliphatic rings. The molecule has 146 valence electrons. The van der Waals surface area contributed by atoms with Gasteiger partial charge in [0, 0.05) is 6.42 Å². The molecule has 1 heterocycles. The van der Waals surface area contributed by atoms with Crippen molar-refractivity contribution < 1.29 is 14.4 Å². The average molecular weight is 379 g/mol. The fourth-order valence-corrected chi connectivity index (χ4v) is 3.59. The highest BCUT2D eigenvalue weighted by molar-refractivity contribution is 6.08. The number of rotatable bonds is 6. The molecule has 2 N–H and O–H groups in total. The van der Waals surface area contributed by atoms with Crippen LogP contribution in [0.4, 0.5) is 4.79 Å². The van der Waals surface area contributed by atoms with Crippen molar-refractivity contribution in [2.45, 2.75) is 45.6 Å². The van der Waals surface area contributed by atoms with E-state index in [2.05, 4.69) is 16.8 Å². The van der Waals surface area contributed by atoms with Gasteiger partial charge >= 0.3 is 6.03 Å². The Labute approximate surface area is 164 Å². The number of aryl methyl sites for hydroxylation is 3. The normalized spacial score (nSPS) is 18.9. The minimum Gasteiger partial charge on any atom is -0.318 e. The second-order valence-electron chi connectivity index (χ2n) is 7.16. The van der Waals surface area contributed by atoms with Gasteiger partial charge in [0.25, 0.3) is 5.91 Å². The van der Waals surface area contributed by atoms with Gasteiger partial charge in [-0.15, -0.1) is 0 Å². The quantitative estimate of drug-likeness (QED) is 0.757. The summed E-state index contributed by atoms with van der Waals surface area (Å²) in [6.45, 7) is 5.86. The number of hydrogen-bond acceptors (Lipinski definition) is 3. The van der Waals surface area contributed by atoms with E-state index in [1.807, 2.05) is 51.1 Å². The molecule has 2 aromatic rings. The lowest BCUT2D eigenvalue weighted by Gasteiger charge is -2.25. The van der Waals surface area contributed by atoms with E-state index in [-0.39, 0.29) is 12.3 Å². The van der Waals surface area contributed by atoms with Gasteiger partial charge in [0.1, 0.15) is 5.54 Å². The molecule has 0 aromatic heterocycles. The number of benzene rings is 2. The average Bonchev–Trinajstić information content (AvgIpc) is 2.93. The number of nitrogens with one attached hydrogen (secondary N) is 2. The number of nitrogens with zero attached hydrogens (tertiary/aromatic N) is 1. The summed E-state index contributed by atoms with van der Waals surface area (Å²) >= 11 is 0. The summed E-state index contributed by atoms with van der Waals surface area (Å²) in [5, 5.41) is 3.56. The van der Waals surface area contributed by atoms with Crippen molar-refractivity contribution >= 4 is 17.8 Å². The molecule has 1 atom stereocenters. The highest BCUT2D eigenvalue weighted by Crippen LogP contribution is 2.31. The van der Waals surface area contributed by atoms with E-state index in [0.29, 0.717) is 18.4 Å². The minimum absolute atomic E-state index is 0.186. The SMILES string of the molecule is CC[C@]1(c2ccccc2)NC(=O)N(NC(=O)CCc2ccc(C)cc2C)C1=O.